The summed E-state index contributed by atoms with van der Waals surface area (Å²) in [5, 5.41) is 0. The van der Waals surface area contributed by atoms with E-state index in [-0.39, 0.29) is 5.41 Å². The van der Waals surface area contributed by atoms with Crippen molar-refractivity contribution in [1.82, 2.24) is 0 Å². The van der Waals surface area contributed by atoms with Crippen LogP contribution in [0.15, 0.2) is 18.2 Å². The molecular weight excluding hydrogens is 214 g/mol. The van der Waals surface area contributed by atoms with Crippen LogP contribution < -0.4 is 15.2 Å². The van der Waals surface area contributed by atoms with Crippen LogP contribution in [0, 0.1) is 0 Å². The van der Waals surface area contributed by atoms with Crippen LogP contribution in [0.25, 0.3) is 0 Å². The number of rotatable bonds is 4. The lowest BCUT2D eigenvalue weighted by Gasteiger charge is -2.28. The van der Waals surface area contributed by atoms with E-state index in [1.807, 2.05) is 6.07 Å². The fraction of sp³-hybridized carbons (Fsp3) is 0.571. The standard InChI is InChI=1S/C14H21NO2/c1-16-12-7-11(8-13(9-12)17-2)14(10-15)5-3-4-6-14/h7-9H,3-6,10,15H2,1-2H3. The summed E-state index contributed by atoms with van der Waals surface area (Å²) in [5.74, 6) is 1.69. The Morgan fingerprint density at radius 3 is 2.00 bits per heavy atom. The molecule has 0 atom stereocenters. The molecule has 1 aliphatic rings. The molecule has 1 fully saturated rings. The normalized spacial score (nSPS) is 18.1. The predicted molar refractivity (Wildman–Crippen MR) is 68.7 cm³/mol. The fourth-order valence-electron chi connectivity index (χ4n) is 2.78. The van der Waals surface area contributed by atoms with Crippen molar-refractivity contribution in [1.29, 1.82) is 0 Å². The number of methoxy groups -OCH3 is 2. The summed E-state index contributed by atoms with van der Waals surface area (Å²) in [5.41, 5.74) is 7.39. The van der Waals surface area contributed by atoms with E-state index in [1.54, 1.807) is 14.2 Å². The number of ether oxygens (including phenoxy) is 2. The SMILES string of the molecule is COc1cc(OC)cc(C2(CN)CCCC2)c1. The zero-order valence-electron chi connectivity index (χ0n) is 10.7. The van der Waals surface area contributed by atoms with Crippen molar-refractivity contribution in [3.8, 4) is 11.5 Å². The highest BCUT2D eigenvalue weighted by atomic mass is 16.5. The van der Waals surface area contributed by atoms with Gasteiger partial charge in [0.15, 0.2) is 0 Å². The van der Waals surface area contributed by atoms with Crippen molar-refractivity contribution in [3.05, 3.63) is 23.8 Å². The molecule has 0 unspecified atom stereocenters. The monoisotopic (exact) mass is 235 g/mol. The van der Waals surface area contributed by atoms with Crippen LogP contribution in [-0.2, 0) is 5.41 Å². The summed E-state index contributed by atoms with van der Waals surface area (Å²) in [6.07, 6.45) is 4.85. The quantitative estimate of drug-likeness (QED) is 0.872. The lowest BCUT2D eigenvalue weighted by molar-refractivity contribution is 0.386. The summed E-state index contributed by atoms with van der Waals surface area (Å²) < 4.78 is 10.7. The summed E-state index contributed by atoms with van der Waals surface area (Å²) >= 11 is 0. The summed E-state index contributed by atoms with van der Waals surface area (Å²) in [4.78, 5) is 0. The molecule has 0 radical (unpaired) electrons. The molecule has 3 nitrogen and oxygen atoms in total. The zero-order valence-corrected chi connectivity index (χ0v) is 10.7. The molecule has 0 saturated heterocycles. The molecular formula is C14H21NO2. The van der Waals surface area contributed by atoms with Crippen LogP contribution in [0.1, 0.15) is 31.2 Å². The van der Waals surface area contributed by atoms with E-state index in [0.29, 0.717) is 6.54 Å². The van der Waals surface area contributed by atoms with E-state index in [2.05, 4.69) is 12.1 Å². The van der Waals surface area contributed by atoms with E-state index < -0.39 is 0 Å². The Balaban J connectivity index is 2.42. The van der Waals surface area contributed by atoms with E-state index in [1.165, 1.54) is 31.2 Å². The van der Waals surface area contributed by atoms with Crippen molar-refractivity contribution in [2.75, 3.05) is 20.8 Å². The lowest BCUT2D eigenvalue weighted by atomic mass is 9.79. The summed E-state index contributed by atoms with van der Waals surface area (Å²) in [6, 6.07) is 6.10. The zero-order chi connectivity index (χ0) is 12.3. The Hall–Kier alpha value is -1.22. The average Bonchev–Trinajstić information content (AvgIpc) is 2.88. The Bertz CT molecular complexity index is 362. The van der Waals surface area contributed by atoms with Gasteiger partial charge in [-0.25, -0.2) is 0 Å². The van der Waals surface area contributed by atoms with Gasteiger partial charge in [-0.15, -0.1) is 0 Å². The van der Waals surface area contributed by atoms with E-state index in [9.17, 15) is 0 Å². The van der Waals surface area contributed by atoms with Gasteiger partial charge >= 0.3 is 0 Å². The minimum atomic E-state index is 0.127. The largest absolute Gasteiger partial charge is 0.497 e. The van der Waals surface area contributed by atoms with E-state index >= 15 is 0 Å². The van der Waals surface area contributed by atoms with Crippen LogP contribution in [0.2, 0.25) is 0 Å². The van der Waals surface area contributed by atoms with Gasteiger partial charge in [0.1, 0.15) is 11.5 Å². The van der Waals surface area contributed by atoms with Gasteiger partial charge in [0, 0.05) is 18.0 Å². The van der Waals surface area contributed by atoms with Gasteiger partial charge in [0.05, 0.1) is 14.2 Å². The number of benzene rings is 1. The molecule has 1 saturated carbocycles. The molecule has 0 spiro atoms. The first-order valence-electron chi connectivity index (χ1n) is 6.18. The first kappa shape index (κ1) is 12.2. The highest BCUT2D eigenvalue weighted by molar-refractivity contribution is 5.42. The van der Waals surface area contributed by atoms with Crippen molar-refractivity contribution >= 4 is 0 Å². The molecule has 1 aromatic carbocycles. The van der Waals surface area contributed by atoms with Crippen LogP contribution in [0.3, 0.4) is 0 Å². The van der Waals surface area contributed by atoms with Gasteiger partial charge in [-0.3, -0.25) is 0 Å². The van der Waals surface area contributed by atoms with Gasteiger partial charge in [-0.1, -0.05) is 12.8 Å². The lowest BCUT2D eigenvalue weighted by Crippen LogP contribution is -2.32. The van der Waals surface area contributed by atoms with Gasteiger partial charge in [-0.05, 0) is 30.5 Å². The van der Waals surface area contributed by atoms with Crippen molar-refractivity contribution in [3.63, 3.8) is 0 Å². The smallest absolute Gasteiger partial charge is 0.122 e. The molecule has 0 aliphatic heterocycles. The number of hydrogen-bond acceptors (Lipinski definition) is 3. The minimum absolute atomic E-state index is 0.127. The maximum Gasteiger partial charge on any atom is 0.122 e. The third kappa shape index (κ3) is 2.25. The Morgan fingerprint density at radius 1 is 1.06 bits per heavy atom. The van der Waals surface area contributed by atoms with Gasteiger partial charge in [0.2, 0.25) is 0 Å². The highest BCUT2D eigenvalue weighted by Gasteiger charge is 2.34. The number of hydrogen-bond donors (Lipinski definition) is 1. The third-order valence-electron chi connectivity index (χ3n) is 3.92. The summed E-state index contributed by atoms with van der Waals surface area (Å²) in [6.45, 7) is 0.698. The topological polar surface area (TPSA) is 44.5 Å². The van der Waals surface area contributed by atoms with Crippen LogP contribution in [-0.4, -0.2) is 20.8 Å². The molecule has 17 heavy (non-hydrogen) atoms. The molecule has 2 rings (SSSR count). The molecule has 1 aromatic rings. The second kappa shape index (κ2) is 4.96. The molecule has 94 valence electrons. The highest BCUT2D eigenvalue weighted by Crippen LogP contribution is 2.42. The van der Waals surface area contributed by atoms with Crippen LogP contribution >= 0.6 is 0 Å². The first-order valence-corrected chi connectivity index (χ1v) is 6.18. The van der Waals surface area contributed by atoms with Crippen molar-refractivity contribution in [2.45, 2.75) is 31.1 Å². The summed E-state index contributed by atoms with van der Waals surface area (Å²) in [7, 11) is 3.37. The average molecular weight is 235 g/mol. The third-order valence-corrected chi connectivity index (χ3v) is 3.92. The fourth-order valence-corrected chi connectivity index (χ4v) is 2.78. The Kier molecular flexibility index (Phi) is 3.57. The van der Waals surface area contributed by atoms with Crippen molar-refractivity contribution < 1.29 is 9.47 Å². The molecule has 0 amide bonds. The first-order chi connectivity index (χ1) is 8.24. The van der Waals surface area contributed by atoms with Gasteiger partial charge in [-0.2, -0.15) is 0 Å². The minimum Gasteiger partial charge on any atom is -0.497 e. The van der Waals surface area contributed by atoms with E-state index in [4.69, 9.17) is 15.2 Å². The second-order valence-corrected chi connectivity index (χ2v) is 4.79. The Labute approximate surface area is 103 Å². The van der Waals surface area contributed by atoms with Crippen LogP contribution in [0.5, 0.6) is 11.5 Å². The maximum absolute atomic E-state index is 6.00. The Morgan fingerprint density at radius 2 is 1.59 bits per heavy atom. The second-order valence-electron chi connectivity index (χ2n) is 4.79. The maximum atomic E-state index is 6.00. The van der Waals surface area contributed by atoms with Gasteiger partial charge < -0.3 is 15.2 Å². The van der Waals surface area contributed by atoms with E-state index in [0.717, 1.165) is 11.5 Å². The molecule has 0 bridgehead atoms. The van der Waals surface area contributed by atoms with Crippen LogP contribution in [0.4, 0.5) is 0 Å². The predicted octanol–water partition coefficient (Wildman–Crippen LogP) is 2.47. The number of nitrogens with two attached hydrogens (primary N) is 1. The van der Waals surface area contributed by atoms with Crippen molar-refractivity contribution in [2.24, 2.45) is 5.73 Å². The molecule has 2 N–H and O–H groups in total. The van der Waals surface area contributed by atoms with Gasteiger partial charge in [0.25, 0.3) is 0 Å². The molecule has 1 aliphatic carbocycles. The molecule has 3 heteroatoms. The molecule has 0 heterocycles. The molecule has 0 aromatic heterocycles.